The van der Waals surface area contributed by atoms with Crippen molar-refractivity contribution in [3.63, 3.8) is 0 Å². The summed E-state index contributed by atoms with van der Waals surface area (Å²) in [7, 11) is 0. The molecule has 7 heavy (non-hydrogen) atoms. The molecular weight excluding hydrogens is 297 g/mol. The topological polar surface area (TPSA) is 0 Å². The molecule has 0 aliphatic heterocycles. The zero-order valence-corrected chi connectivity index (χ0v) is 9.77. The van der Waals surface area contributed by atoms with Gasteiger partial charge in [0.25, 0.3) is 0 Å². The van der Waals surface area contributed by atoms with E-state index in [2.05, 4.69) is 13.8 Å². The number of rotatable bonds is 0. The van der Waals surface area contributed by atoms with Crippen LogP contribution in [0.1, 0.15) is 13.8 Å². The van der Waals surface area contributed by atoms with Gasteiger partial charge in [0.2, 0.25) is 0 Å². The Balaban J connectivity index is -0.00000000267. The van der Waals surface area contributed by atoms with E-state index >= 15 is 0 Å². The summed E-state index contributed by atoms with van der Waals surface area (Å²) in [6.45, 7) is 10.0. The third kappa shape index (κ3) is 105. The smallest absolute Gasteiger partial charge is 1.00 e. The SMILES string of the molecule is [CH2-]C.[CH2-]C.[Cl-].[Cl-].[Hf+4]. The fourth-order valence-electron chi connectivity index (χ4n) is 0. The summed E-state index contributed by atoms with van der Waals surface area (Å²) in [6.07, 6.45) is 0. The summed E-state index contributed by atoms with van der Waals surface area (Å²) in [4.78, 5) is 0. The molecule has 0 aromatic heterocycles. The Morgan fingerprint density at radius 2 is 0.714 bits per heavy atom. The summed E-state index contributed by atoms with van der Waals surface area (Å²) in [5.74, 6) is 0. The van der Waals surface area contributed by atoms with Crippen LogP contribution in [0.5, 0.6) is 0 Å². The Hall–Kier alpha value is 1.45. The molecule has 0 aliphatic carbocycles. The van der Waals surface area contributed by atoms with Gasteiger partial charge in [-0.1, -0.05) is 0 Å². The van der Waals surface area contributed by atoms with Crippen LogP contribution in [0.15, 0.2) is 0 Å². The maximum Gasteiger partial charge on any atom is 4.00 e. The van der Waals surface area contributed by atoms with Gasteiger partial charge in [-0.25, -0.2) is 0 Å². The van der Waals surface area contributed by atoms with Crippen molar-refractivity contribution < 1.29 is 50.7 Å². The number of halogens is 2. The average Bonchev–Trinajstić information content (AvgIpc) is 1.50. The van der Waals surface area contributed by atoms with E-state index in [0.717, 1.165) is 0 Å². The minimum Gasteiger partial charge on any atom is -1.00 e. The second kappa shape index (κ2) is 147. The molecular formula is C4H10Cl2Hf. The predicted molar refractivity (Wildman–Crippen MR) is 22.1 cm³/mol. The fraction of sp³-hybridized carbons (Fsp3) is 0.500. The molecule has 0 saturated carbocycles. The molecule has 0 N–H and O–H groups in total. The van der Waals surface area contributed by atoms with Crippen LogP contribution in [0, 0.1) is 13.8 Å². The Kier molecular flexibility index (Phi) is 830. The summed E-state index contributed by atoms with van der Waals surface area (Å²) in [5.41, 5.74) is 0. The first kappa shape index (κ1) is 39.4. The van der Waals surface area contributed by atoms with E-state index in [9.17, 15) is 0 Å². The predicted octanol–water partition coefficient (Wildman–Crippen LogP) is -4.31. The first-order chi connectivity index (χ1) is 2.00. The average molecular weight is 308 g/mol. The second-order valence-electron chi connectivity index (χ2n) is 0. The van der Waals surface area contributed by atoms with Crippen molar-refractivity contribution in [3.8, 4) is 0 Å². The van der Waals surface area contributed by atoms with Gasteiger partial charge in [-0.3, -0.25) is 0 Å². The molecule has 44 valence electrons. The number of hydrogen-bond donors (Lipinski definition) is 0. The molecule has 0 heterocycles. The molecule has 0 aromatic carbocycles. The Bertz CT molecular complexity index is 9.65. The zero-order valence-electron chi connectivity index (χ0n) is 4.67. The maximum atomic E-state index is 3.25. The summed E-state index contributed by atoms with van der Waals surface area (Å²) >= 11 is 0. The van der Waals surface area contributed by atoms with E-state index in [-0.39, 0.29) is 50.7 Å². The molecule has 0 aromatic rings. The molecule has 0 unspecified atom stereocenters. The molecule has 0 spiro atoms. The van der Waals surface area contributed by atoms with Crippen LogP contribution < -0.4 is 24.8 Å². The van der Waals surface area contributed by atoms with Crippen molar-refractivity contribution >= 4 is 0 Å². The molecule has 0 nitrogen and oxygen atoms in total. The maximum absolute atomic E-state index is 3.25. The van der Waals surface area contributed by atoms with Crippen molar-refractivity contribution in [2.45, 2.75) is 13.8 Å². The molecule has 3 heteroatoms. The van der Waals surface area contributed by atoms with E-state index < -0.39 is 0 Å². The van der Waals surface area contributed by atoms with Gasteiger partial charge in [0.05, 0.1) is 0 Å². The zero-order chi connectivity index (χ0) is 4.00. The van der Waals surface area contributed by atoms with Gasteiger partial charge in [-0.2, -0.15) is 13.8 Å². The molecule has 0 aliphatic rings. The van der Waals surface area contributed by atoms with E-state index in [1.807, 2.05) is 0 Å². The Morgan fingerprint density at radius 3 is 0.714 bits per heavy atom. The molecule has 0 fully saturated rings. The van der Waals surface area contributed by atoms with Gasteiger partial charge < -0.3 is 38.7 Å². The molecule has 0 rings (SSSR count). The summed E-state index contributed by atoms with van der Waals surface area (Å²) in [6, 6.07) is 0. The van der Waals surface area contributed by atoms with Crippen molar-refractivity contribution in [2.75, 3.05) is 0 Å². The van der Waals surface area contributed by atoms with Crippen LogP contribution in [0.25, 0.3) is 0 Å². The van der Waals surface area contributed by atoms with Crippen molar-refractivity contribution in [1.82, 2.24) is 0 Å². The molecule has 0 radical (unpaired) electrons. The van der Waals surface area contributed by atoms with Crippen LogP contribution in [-0.4, -0.2) is 0 Å². The molecule has 0 atom stereocenters. The van der Waals surface area contributed by atoms with E-state index in [1.54, 1.807) is 13.8 Å². The fourth-order valence-corrected chi connectivity index (χ4v) is 0. The second-order valence-corrected chi connectivity index (χ2v) is 0. The van der Waals surface area contributed by atoms with Gasteiger partial charge >= 0.3 is 25.8 Å². The molecule has 0 bridgehead atoms. The van der Waals surface area contributed by atoms with Crippen LogP contribution in [0.4, 0.5) is 0 Å². The van der Waals surface area contributed by atoms with Gasteiger partial charge in [0.1, 0.15) is 0 Å². The van der Waals surface area contributed by atoms with Gasteiger partial charge in [0.15, 0.2) is 0 Å². The first-order valence-corrected chi connectivity index (χ1v) is 1.41. The number of hydrogen-bond acceptors (Lipinski definition) is 0. The Morgan fingerprint density at radius 1 is 0.714 bits per heavy atom. The van der Waals surface area contributed by atoms with Gasteiger partial charge in [-0.05, 0) is 0 Å². The van der Waals surface area contributed by atoms with Crippen LogP contribution >= 0.6 is 0 Å². The largest absolute Gasteiger partial charge is 4.00 e. The quantitative estimate of drug-likeness (QED) is 0.314. The van der Waals surface area contributed by atoms with E-state index in [4.69, 9.17) is 0 Å². The standard InChI is InChI=1S/2C2H5.2ClH.Hf/c2*1-2;;;/h2*1H2,2H3;2*1H;/q2*-1;;;+4/p-2. The third-order valence-electron chi connectivity index (χ3n) is 0. The van der Waals surface area contributed by atoms with Crippen LogP contribution in [0.3, 0.4) is 0 Å². The summed E-state index contributed by atoms with van der Waals surface area (Å²) < 4.78 is 0. The minimum atomic E-state index is 0. The minimum absolute atomic E-state index is 0. The Labute approximate surface area is 78.1 Å². The monoisotopic (exact) mass is 308 g/mol. The normalized spacial score (nSPS) is 1.71. The summed E-state index contributed by atoms with van der Waals surface area (Å²) in [5, 5.41) is 0. The van der Waals surface area contributed by atoms with Gasteiger partial charge in [-0.15, -0.1) is 0 Å². The van der Waals surface area contributed by atoms with E-state index in [0.29, 0.717) is 0 Å². The van der Waals surface area contributed by atoms with Crippen LogP contribution in [-0.2, 0) is 25.8 Å². The third-order valence-corrected chi connectivity index (χ3v) is 0. The van der Waals surface area contributed by atoms with Crippen molar-refractivity contribution in [1.29, 1.82) is 0 Å². The first-order valence-electron chi connectivity index (χ1n) is 1.41. The molecule has 0 saturated heterocycles. The molecule has 0 amide bonds. The van der Waals surface area contributed by atoms with Gasteiger partial charge in [0, 0.05) is 0 Å². The van der Waals surface area contributed by atoms with E-state index in [1.165, 1.54) is 0 Å². The van der Waals surface area contributed by atoms with Crippen molar-refractivity contribution in [3.05, 3.63) is 13.8 Å². The van der Waals surface area contributed by atoms with Crippen LogP contribution in [0.2, 0.25) is 0 Å². The van der Waals surface area contributed by atoms with Crippen molar-refractivity contribution in [2.24, 2.45) is 0 Å².